The second-order valence-corrected chi connectivity index (χ2v) is 9.67. The van der Waals surface area contributed by atoms with Gasteiger partial charge in [-0.1, -0.05) is 25.5 Å². The summed E-state index contributed by atoms with van der Waals surface area (Å²) in [6, 6.07) is 6.28. The number of carbonyl (C=O) groups is 2. The van der Waals surface area contributed by atoms with E-state index in [9.17, 15) is 14.0 Å². The van der Waals surface area contributed by atoms with Crippen LogP contribution in [-0.2, 0) is 16.1 Å². The minimum absolute atomic E-state index is 0.0268. The highest BCUT2D eigenvalue weighted by molar-refractivity contribution is 5.84. The molecule has 1 aromatic rings. The molecule has 0 bridgehead atoms. The van der Waals surface area contributed by atoms with Gasteiger partial charge >= 0.3 is 0 Å². The van der Waals surface area contributed by atoms with Crippen molar-refractivity contribution in [1.82, 2.24) is 19.6 Å². The van der Waals surface area contributed by atoms with Crippen LogP contribution in [0.15, 0.2) is 24.3 Å². The van der Waals surface area contributed by atoms with Gasteiger partial charge in [0.15, 0.2) is 0 Å². The van der Waals surface area contributed by atoms with E-state index in [-0.39, 0.29) is 29.6 Å². The number of nitrogens with zero attached hydrogens (tertiary/aromatic N) is 4. The maximum atomic E-state index is 13.2. The van der Waals surface area contributed by atoms with Crippen molar-refractivity contribution in [1.29, 1.82) is 0 Å². The maximum Gasteiger partial charge on any atom is 0.240 e. The molecule has 3 fully saturated rings. The van der Waals surface area contributed by atoms with Crippen LogP contribution < -0.4 is 0 Å². The molecule has 3 saturated heterocycles. The van der Waals surface area contributed by atoms with E-state index in [2.05, 4.69) is 16.7 Å². The molecular formula is C25H37FN4O2. The van der Waals surface area contributed by atoms with E-state index < -0.39 is 0 Å². The summed E-state index contributed by atoms with van der Waals surface area (Å²) < 4.78 is 13.2. The van der Waals surface area contributed by atoms with Gasteiger partial charge in [-0.05, 0) is 56.5 Å². The Hall–Kier alpha value is -1.99. The van der Waals surface area contributed by atoms with Crippen LogP contribution in [-0.4, -0.2) is 89.8 Å². The van der Waals surface area contributed by atoms with E-state index in [0.717, 1.165) is 64.2 Å². The normalized spacial score (nSPS) is 24.6. The molecule has 0 saturated carbocycles. The van der Waals surface area contributed by atoms with Gasteiger partial charge in [-0.25, -0.2) is 4.39 Å². The van der Waals surface area contributed by atoms with Gasteiger partial charge in [-0.15, -0.1) is 0 Å². The maximum absolute atomic E-state index is 13.2. The molecule has 4 rings (SSSR count). The van der Waals surface area contributed by atoms with Crippen LogP contribution >= 0.6 is 0 Å². The molecule has 3 aliphatic rings. The van der Waals surface area contributed by atoms with Crippen molar-refractivity contribution in [2.75, 3.05) is 52.4 Å². The highest BCUT2D eigenvalue weighted by Gasteiger charge is 2.37. The van der Waals surface area contributed by atoms with E-state index in [1.54, 1.807) is 12.1 Å². The Bertz CT molecular complexity index is 781. The quantitative estimate of drug-likeness (QED) is 0.677. The van der Waals surface area contributed by atoms with Crippen LogP contribution in [0.1, 0.15) is 44.6 Å². The third-order valence-corrected chi connectivity index (χ3v) is 7.24. The zero-order chi connectivity index (χ0) is 22.5. The summed E-state index contributed by atoms with van der Waals surface area (Å²) in [6.07, 6.45) is 5.52. The van der Waals surface area contributed by atoms with Gasteiger partial charge in [-0.2, -0.15) is 0 Å². The van der Waals surface area contributed by atoms with Gasteiger partial charge < -0.3 is 14.7 Å². The first kappa shape index (κ1) is 23.2. The first-order chi connectivity index (χ1) is 15.5. The standard InChI is InChI=1S/C25H37FN4O2/c1-20(18-27-11-3-2-4-12-27)24(31)29-14-5-13-28(16-17-29)23-10-15-30(25(23)32)19-21-6-8-22(26)9-7-21/h6-9,20,23H,2-5,10-19H2,1H3/t20-,23+/m0/s1. The predicted octanol–water partition coefficient (Wildman–Crippen LogP) is 2.58. The van der Waals surface area contributed by atoms with E-state index in [1.165, 1.54) is 31.4 Å². The van der Waals surface area contributed by atoms with Crippen LogP contribution in [0.2, 0.25) is 0 Å². The summed E-state index contributed by atoms with van der Waals surface area (Å²) in [5.74, 6) is 0.188. The van der Waals surface area contributed by atoms with Crippen LogP contribution in [0.25, 0.3) is 0 Å². The molecule has 2 amide bonds. The Kier molecular flexibility index (Phi) is 7.79. The SMILES string of the molecule is C[C@@H](CN1CCCCC1)C(=O)N1CCCN([C@@H]2CCN(Cc3ccc(F)cc3)C2=O)CC1. The lowest BCUT2D eigenvalue weighted by molar-refractivity contribution is -0.135. The molecule has 7 heteroatoms. The van der Waals surface area contributed by atoms with Gasteiger partial charge in [-0.3, -0.25) is 14.5 Å². The monoisotopic (exact) mass is 444 g/mol. The molecular weight excluding hydrogens is 407 g/mol. The smallest absolute Gasteiger partial charge is 0.240 e. The van der Waals surface area contributed by atoms with E-state index in [1.807, 2.05) is 9.80 Å². The predicted molar refractivity (Wildman–Crippen MR) is 122 cm³/mol. The average Bonchev–Trinajstić information content (AvgIpc) is 3.00. The molecule has 0 spiro atoms. The van der Waals surface area contributed by atoms with Gasteiger partial charge in [0.25, 0.3) is 0 Å². The lowest BCUT2D eigenvalue weighted by Crippen LogP contribution is -2.45. The molecule has 176 valence electrons. The summed E-state index contributed by atoms with van der Waals surface area (Å²) in [5.41, 5.74) is 0.954. The number of carbonyl (C=O) groups excluding carboxylic acids is 2. The highest BCUT2D eigenvalue weighted by Crippen LogP contribution is 2.22. The molecule has 0 aliphatic carbocycles. The van der Waals surface area contributed by atoms with E-state index in [0.29, 0.717) is 13.1 Å². The molecule has 0 radical (unpaired) electrons. The zero-order valence-electron chi connectivity index (χ0n) is 19.3. The van der Waals surface area contributed by atoms with Crippen molar-refractivity contribution in [3.05, 3.63) is 35.6 Å². The average molecular weight is 445 g/mol. The summed E-state index contributed by atoms with van der Waals surface area (Å²) in [4.78, 5) is 34.7. The minimum Gasteiger partial charge on any atom is -0.341 e. The van der Waals surface area contributed by atoms with Crippen LogP contribution in [0, 0.1) is 11.7 Å². The number of hydrogen-bond donors (Lipinski definition) is 0. The fraction of sp³-hybridized carbons (Fsp3) is 0.680. The van der Waals surface area contributed by atoms with Crippen LogP contribution in [0.5, 0.6) is 0 Å². The minimum atomic E-state index is -0.256. The summed E-state index contributed by atoms with van der Waals surface area (Å²) in [5, 5.41) is 0. The topological polar surface area (TPSA) is 47.1 Å². The van der Waals surface area contributed by atoms with Gasteiger partial charge in [0.2, 0.25) is 11.8 Å². The second-order valence-electron chi connectivity index (χ2n) is 9.67. The molecule has 0 aromatic heterocycles. The van der Waals surface area contributed by atoms with Crippen LogP contribution in [0.3, 0.4) is 0 Å². The van der Waals surface area contributed by atoms with Gasteiger partial charge in [0.05, 0.1) is 6.04 Å². The molecule has 6 nitrogen and oxygen atoms in total. The number of benzene rings is 1. The number of likely N-dealkylation sites (tertiary alicyclic amines) is 2. The van der Waals surface area contributed by atoms with E-state index >= 15 is 0 Å². The largest absolute Gasteiger partial charge is 0.341 e. The number of rotatable bonds is 6. The first-order valence-corrected chi connectivity index (χ1v) is 12.3. The molecule has 0 unspecified atom stereocenters. The lowest BCUT2D eigenvalue weighted by atomic mass is 10.1. The molecule has 3 heterocycles. The number of halogens is 1. The zero-order valence-corrected chi connectivity index (χ0v) is 19.3. The third-order valence-electron chi connectivity index (χ3n) is 7.24. The Labute approximate surface area is 191 Å². The summed E-state index contributed by atoms with van der Waals surface area (Å²) in [6.45, 7) is 9.49. The molecule has 0 N–H and O–H groups in total. The summed E-state index contributed by atoms with van der Waals surface area (Å²) >= 11 is 0. The fourth-order valence-electron chi connectivity index (χ4n) is 5.42. The Morgan fingerprint density at radius 2 is 1.72 bits per heavy atom. The van der Waals surface area contributed by atoms with Crippen molar-refractivity contribution in [2.24, 2.45) is 5.92 Å². The van der Waals surface area contributed by atoms with E-state index in [4.69, 9.17) is 0 Å². The fourth-order valence-corrected chi connectivity index (χ4v) is 5.42. The van der Waals surface area contributed by atoms with Gasteiger partial charge in [0, 0.05) is 51.7 Å². The lowest BCUT2D eigenvalue weighted by Gasteiger charge is -2.31. The number of hydrogen-bond acceptors (Lipinski definition) is 4. The number of amides is 2. The van der Waals surface area contributed by atoms with Gasteiger partial charge in [0.1, 0.15) is 5.82 Å². The van der Waals surface area contributed by atoms with Crippen molar-refractivity contribution in [3.8, 4) is 0 Å². The van der Waals surface area contributed by atoms with Crippen molar-refractivity contribution >= 4 is 11.8 Å². The summed E-state index contributed by atoms with van der Waals surface area (Å²) in [7, 11) is 0. The first-order valence-electron chi connectivity index (χ1n) is 12.3. The number of piperidine rings is 1. The molecule has 2 atom stereocenters. The third kappa shape index (κ3) is 5.67. The van der Waals surface area contributed by atoms with Crippen molar-refractivity contribution in [3.63, 3.8) is 0 Å². The molecule has 32 heavy (non-hydrogen) atoms. The van der Waals surface area contributed by atoms with Crippen molar-refractivity contribution < 1.29 is 14.0 Å². The van der Waals surface area contributed by atoms with Crippen molar-refractivity contribution in [2.45, 2.75) is 51.6 Å². The van der Waals surface area contributed by atoms with Crippen LogP contribution in [0.4, 0.5) is 4.39 Å². The Morgan fingerprint density at radius 1 is 0.969 bits per heavy atom. The highest BCUT2D eigenvalue weighted by atomic mass is 19.1. The molecule has 3 aliphatic heterocycles. The Morgan fingerprint density at radius 3 is 2.47 bits per heavy atom. The Balaban J connectivity index is 1.27. The molecule has 1 aromatic carbocycles. The second kappa shape index (κ2) is 10.8.